The van der Waals surface area contributed by atoms with Gasteiger partial charge in [0, 0.05) is 44.3 Å². The molecule has 10 heteroatoms. The van der Waals surface area contributed by atoms with E-state index in [1.54, 1.807) is 0 Å². The second kappa shape index (κ2) is 11.8. The van der Waals surface area contributed by atoms with Crippen molar-refractivity contribution in [3.63, 3.8) is 0 Å². The Kier molecular flexibility index (Phi) is 10.0. The molecule has 6 N–H and O–H groups in total. The van der Waals surface area contributed by atoms with E-state index in [2.05, 4.69) is 21.3 Å². The van der Waals surface area contributed by atoms with Crippen LogP contribution in [-0.4, -0.2) is 67.6 Å². The average Bonchev–Trinajstić information content (AvgIpc) is 2.53. The van der Waals surface area contributed by atoms with Crippen LogP contribution in [0.5, 0.6) is 0 Å². The van der Waals surface area contributed by atoms with Gasteiger partial charge in [0.05, 0.1) is 18.1 Å². The van der Waals surface area contributed by atoms with E-state index in [4.69, 9.17) is 21.8 Å². The third-order valence-corrected chi connectivity index (χ3v) is 3.29. The molecule has 9 nitrogen and oxygen atoms in total. The predicted molar refractivity (Wildman–Crippen MR) is 95.0 cm³/mol. The molecule has 1 aromatic carbocycles. The van der Waals surface area contributed by atoms with Gasteiger partial charge in [0.25, 0.3) is 0 Å². The minimum atomic E-state index is -0.455. The molecule has 0 aromatic heterocycles. The number of nitrogens with one attached hydrogen (secondary N) is 4. The second-order valence-corrected chi connectivity index (χ2v) is 5.34. The first kappa shape index (κ1) is 20.4. The highest BCUT2D eigenvalue weighted by Gasteiger charge is 2.20. The third kappa shape index (κ3) is 7.28. The predicted octanol–water partition coefficient (Wildman–Crippen LogP) is 0.236. The lowest BCUT2D eigenvalue weighted by molar-refractivity contribution is -0.383. The maximum Gasteiger partial charge on any atom is 0.315 e. The standard InChI is InChI=1S/C14H24ClN5O4/c15-11-9-12(18-3-1-16-5-7-21)14(20(23)24)13(10-11)19-4-2-17-6-8-22/h9-10,16-19,21-22H,1-8H2. The fraction of sp³-hybridized carbons (Fsp3) is 0.571. The Bertz CT molecular complexity index is 483. The molecule has 0 saturated carbocycles. The van der Waals surface area contributed by atoms with Crippen molar-refractivity contribution in [1.82, 2.24) is 10.6 Å². The summed E-state index contributed by atoms with van der Waals surface area (Å²) in [6.07, 6.45) is 0. The van der Waals surface area contributed by atoms with Crippen LogP contribution in [0.25, 0.3) is 0 Å². The SMILES string of the molecule is O=[N+]([O-])c1c(NCCNCCO)cc(Cl)cc1NCCNCCO. The lowest BCUT2D eigenvalue weighted by atomic mass is 10.2. The van der Waals surface area contributed by atoms with Gasteiger partial charge < -0.3 is 31.5 Å². The Morgan fingerprint density at radius 3 is 1.75 bits per heavy atom. The Morgan fingerprint density at radius 1 is 0.917 bits per heavy atom. The molecule has 0 heterocycles. The highest BCUT2D eigenvalue weighted by Crippen LogP contribution is 2.36. The minimum Gasteiger partial charge on any atom is -0.395 e. The molecule has 0 amide bonds. The van der Waals surface area contributed by atoms with Crippen LogP contribution in [0.3, 0.4) is 0 Å². The molecule has 0 radical (unpaired) electrons. The molecule has 1 rings (SSSR count). The lowest BCUT2D eigenvalue weighted by Crippen LogP contribution is -2.26. The molecule has 1 aromatic rings. The summed E-state index contributed by atoms with van der Waals surface area (Å²) in [7, 11) is 0. The molecule has 0 atom stereocenters. The first-order valence-electron chi connectivity index (χ1n) is 7.69. The summed E-state index contributed by atoms with van der Waals surface area (Å²) >= 11 is 6.05. The molecule has 24 heavy (non-hydrogen) atoms. The van der Waals surface area contributed by atoms with Crippen molar-refractivity contribution in [1.29, 1.82) is 0 Å². The van der Waals surface area contributed by atoms with Crippen LogP contribution in [-0.2, 0) is 0 Å². The van der Waals surface area contributed by atoms with E-state index in [1.165, 1.54) is 12.1 Å². The van der Waals surface area contributed by atoms with Crippen molar-refractivity contribution in [3.8, 4) is 0 Å². The van der Waals surface area contributed by atoms with E-state index in [-0.39, 0.29) is 18.9 Å². The van der Waals surface area contributed by atoms with Gasteiger partial charge in [-0.1, -0.05) is 11.6 Å². The van der Waals surface area contributed by atoms with Crippen LogP contribution in [0.1, 0.15) is 0 Å². The summed E-state index contributed by atoms with van der Waals surface area (Å²) in [4.78, 5) is 11.0. The van der Waals surface area contributed by atoms with Gasteiger partial charge in [-0.15, -0.1) is 0 Å². The van der Waals surface area contributed by atoms with Crippen molar-refractivity contribution in [3.05, 3.63) is 27.3 Å². The summed E-state index contributed by atoms with van der Waals surface area (Å²) in [5.41, 5.74) is 0.608. The number of nitro groups is 1. The third-order valence-electron chi connectivity index (χ3n) is 3.07. The summed E-state index contributed by atoms with van der Waals surface area (Å²) in [6, 6.07) is 3.03. The summed E-state index contributed by atoms with van der Waals surface area (Å²) in [6.45, 7) is 3.03. The number of nitro benzene ring substituents is 1. The Morgan fingerprint density at radius 2 is 1.38 bits per heavy atom. The molecule has 0 aliphatic rings. The number of hydrogen-bond donors (Lipinski definition) is 6. The van der Waals surface area contributed by atoms with Gasteiger partial charge in [-0.3, -0.25) is 10.1 Å². The zero-order chi connectivity index (χ0) is 17.8. The number of benzene rings is 1. The molecule has 0 fully saturated rings. The lowest BCUT2D eigenvalue weighted by Gasteiger charge is -2.13. The number of halogens is 1. The van der Waals surface area contributed by atoms with Gasteiger partial charge in [0.1, 0.15) is 11.4 Å². The van der Waals surface area contributed by atoms with Crippen LogP contribution < -0.4 is 21.3 Å². The molecule has 0 unspecified atom stereocenters. The van der Waals surface area contributed by atoms with Gasteiger partial charge in [0.2, 0.25) is 0 Å². The number of anilines is 2. The van der Waals surface area contributed by atoms with Crippen molar-refractivity contribution < 1.29 is 15.1 Å². The van der Waals surface area contributed by atoms with Gasteiger partial charge in [-0.25, -0.2) is 0 Å². The van der Waals surface area contributed by atoms with Crippen LogP contribution >= 0.6 is 11.6 Å². The number of aliphatic hydroxyl groups excluding tert-OH is 2. The molecule has 0 bridgehead atoms. The molecule has 0 saturated heterocycles. The second-order valence-electron chi connectivity index (χ2n) is 4.91. The van der Waals surface area contributed by atoms with Gasteiger partial charge in [-0.2, -0.15) is 0 Å². The quantitative estimate of drug-likeness (QED) is 0.167. The first-order chi connectivity index (χ1) is 11.6. The van der Waals surface area contributed by atoms with Crippen LogP contribution in [0.4, 0.5) is 17.1 Å². The molecule has 0 aliphatic heterocycles. The van der Waals surface area contributed by atoms with Gasteiger partial charge in [0.15, 0.2) is 0 Å². The Hall–Kier alpha value is -1.65. The zero-order valence-corrected chi connectivity index (χ0v) is 14.1. The molecule has 0 spiro atoms. The van der Waals surface area contributed by atoms with Crippen LogP contribution in [0.15, 0.2) is 12.1 Å². The first-order valence-corrected chi connectivity index (χ1v) is 8.06. The van der Waals surface area contributed by atoms with Gasteiger partial charge >= 0.3 is 5.69 Å². The fourth-order valence-electron chi connectivity index (χ4n) is 2.04. The molecular weight excluding hydrogens is 338 g/mol. The maximum absolute atomic E-state index is 11.4. The number of rotatable bonds is 13. The largest absolute Gasteiger partial charge is 0.395 e. The minimum absolute atomic E-state index is 0.0374. The number of aliphatic hydroxyl groups is 2. The van der Waals surface area contributed by atoms with Gasteiger partial charge in [-0.05, 0) is 12.1 Å². The van der Waals surface area contributed by atoms with E-state index in [0.29, 0.717) is 55.7 Å². The summed E-state index contributed by atoms with van der Waals surface area (Å²) < 4.78 is 0. The highest BCUT2D eigenvalue weighted by molar-refractivity contribution is 6.31. The van der Waals surface area contributed by atoms with Crippen molar-refractivity contribution in [2.24, 2.45) is 0 Å². The Labute approximate surface area is 145 Å². The van der Waals surface area contributed by atoms with Crippen molar-refractivity contribution in [2.75, 3.05) is 63.1 Å². The van der Waals surface area contributed by atoms with Crippen LogP contribution in [0, 0.1) is 10.1 Å². The monoisotopic (exact) mass is 361 g/mol. The molecule has 0 aliphatic carbocycles. The summed E-state index contributed by atoms with van der Waals surface area (Å²) in [5, 5.41) is 41.1. The van der Waals surface area contributed by atoms with E-state index < -0.39 is 4.92 Å². The smallest absolute Gasteiger partial charge is 0.315 e. The maximum atomic E-state index is 11.4. The van der Waals surface area contributed by atoms with E-state index in [1.807, 2.05) is 0 Å². The Balaban J connectivity index is 2.73. The number of nitrogens with zero attached hydrogens (tertiary/aromatic N) is 1. The van der Waals surface area contributed by atoms with E-state index >= 15 is 0 Å². The fourth-order valence-corrected chi connectivity index (χ4v) is 2.26. The van der Waals surface area contributed by atoms with E-state index in [0.717, 1.165) is 0 Å². The van der Waals surface area contributed by atoms with Crippen molar-refractivity contribution in [2.45, 2.75) is 0 Å². The molecule has 136 valence electrons. The molecular formula is C14H24ClN5O4. The van der Waals surface area contributed by atoms with Crippen molar-refractivity contribution >= 4 is 28.7 Å². The van der Waals surface area contributed by atoms with Crippen LogP contribution in [0.2, 0.25) is 5.02 Å². The van der Waals surface area contributed by atoms with E-state index in [9.17, 15) is 10.1 Å². The average molecular weight is 362 g/mol. The normalized spacial score (nSPS) is 10.6. The number of hydrogen-bond acceptors (Lipinski definition) is 8. The topological polar surface area (TPSA) is 132 Å². The highest BCUT2D eigenvalue weighted by atomic mass is 35.5. The zero-order valence-electron chi connectivity index (χ0n) is 13.3. The summed E-state index contributed by atoms with van der Waals surface area (Å²) in [5.74, 6) is 0.